The predicted molar refractivity (Wildman–Crippen MR) is 132 cm³/mol. The largest absolute Gasteiger partial charge is 0.460 e. The van der Waals surface area contributed by atoms with Crippen LogP contribution in [0.5, 0.6) is 0 Å². The Morgan fingerprint density at radius 3 is 1.97 bits per heavy atom. The van der Waals surface area contributed by atoms with Gasteiger partial charge in [0.05, 0.1) is 19.8 Å². The first kappa shape index (κ1) is 29.8. The summed E-state index contributed by atoms with van der Waals surface area (Å²) < 4.78 is 15.3. The summed E-state index contributed by atoms with van der Waals surface area (Å²) >= 11 is 0. The van der Waals surface area contributed by atoms with Crippen LogP contribution in [0.15, 0.2) is 12.2 Å². The Bertz CT molecular complexity index is 678. The highest BCUT2D eigenvalue weighted by Gasteiger charge is 2.39. The van der Waals surface area contributed by atoms with Gasteiger partial charge in [-0.1, -0.05) is 53.5 Å². The van der Waals surface area contributed by atoms with Crippen molar-refractivity contribution in [3.8, 4) is 0 Å². The summed E-state index contributed by atoms with van der Waals surface area (Å²) in [5, 5.41) is 5.49. The van der Waals surface area contributed by atoms with Gasteiger partial charge in [-0.25, -0.2) is 14.4 Å². The van der Waals surface area contributed by atoms with Crippen LogP contribution in [0.3, 0.4) is 0 Å². The van der Waals surface area contributed by atoms with Crippen LogP contribution in [-0.4, -0.2) is 51.1 Å². The molecule has 0 aromatic heterocycles. The molecule has 0 aromatic rings. The third kappa shape index (κ3) is 13.5. The molecule has 0 saturated heterocycles. The first-order chi connectivity index (χ1) is 15.9. The first-order valence-corrected chi connectivity index (χ1v) is 12.6. The summed E-state index contributed by atoms with van der Waals surface area (Å²) in [6, 6.07) is 0. The van der Waals surface area contributed by atoms with Crippen molar-refractivity contribution in [2.45, 2.75) is 86.0 Å². The third-order valence-electron chi connectivity index (χ3n) is 6.02. The molecule has 8 nitrogen and oxygen atoms in total. The number of ether oxygens (including phenoxy) is 3. The fourth-order valence-electron chi connectivity index (χ4n) is 5.16. The number of alkyl carbamates (subject to hydrolysis) is 2. The quantitative estimate of drug-likeness (QED) is 0.149. The molecule has 1 aliphatic rings. The molecule has 1 saturated carbocycles. The van der Waals surface area contributed by atoms with Crippen molar-refractivity contribution < 1.29 is 28.6 Å². The summed E-state index contributed by atoms with van der Waals surface area (Å²) in [5.74, 6) is 0.193. The molecule has 2 amide bonds. The molecule has 2 unspecified atom stereocenters. The molecule has 1 fully saturated rings. The summed E-state index contributed by atoms with van der Waals surface area (Å²) in [7, 11) is 0. The summed E-state index contributed by atoms with van der Waals surface area (Å²) in [5.41, 5.74) is 0.755. The van der Waals surface area contributed by atoms with Crippen LogP contribution in [0.2, 0.25) is 0 Å². The molecule has 0 radical (unpaired) electrons. The van der Waals surface area contributed by atoms with Crippen molar-refractivity contribution in [2.24, 2.45) is 16.7 Å². The van der Waals surface area contributed by atoms with Gasteiger partial charge in [-0.05, 0) is 55.8 Å². The Balaban J connectivity index is 1.97. The molecule has 34 heavy (non-hydrogen) atoms. The normalized spacial score (nSPS) is 21.3. The number of esters is 1. The van der Waals surface area contributed by atoms with Gasteiger partial charge in [0.15, 0.2) is 0 Å². The van der Waals surface area contributed by atoms with E-state index in [0.717, 1.165) is 44.9 Å². The number of nitrogens with one attached hydrogen (secondary N) is 2. The van der Waals surface area contributed by atoms with E-state index in [9.17, 15) is 14.4 Å². The van der Waals surface area contributed by atoms with Crippen molar-refractivity contribution in [3.63, 3.8) is 0 Å². The monoisotopic (exact) mass is 482 g/mol. The van der Waals surface area contributed by atoms with Crippen LogP contribution in [-0.2, 0) is 19.0 Å². The SMILES string of the molecule is C=C(C)C(=O)OCCNC(=O)OCCCCCCCOC(=O)NCC1(C)CC(C)CC(C)(C)C1. The highest BCUT2D eigenvalue weighted by atomic mass is 16.6. The number of hydrogen-bond acceptors (Lipinski definition) is 6. The van der Waals surface area contributed by atoms with Crippen molar-refractivity contribution >= 4 is 18.2 Å². The number of rotatable bonds is 14. The van der Waals surface area contributed by atoms with Gasteiger partial charge < -0.3 is 24.8 Å². The molecule has 0 heterocycles. The van der Waals surface area contributed by atoms with Crippen LogP contribution in [0.25, 0.3) is 0 Å². The van der Waals surface area contributed by atoms with E-state index < -0.39 is 12.1 Å². The van der Waals surface area contributed by atoms with E-state index in [4.69, 9.17) is 14.2 Å². The standard InChI is InChI=1S/C26H46N2O6/c1-20(2)22(29)32-15-12-27-23(30)33-13-10-8-7-9-11-14-34-24(31)28-19-26(6)17-21(3)16-25(4,5)18-26/h21H,1,7-19H2,2-6H3,(H,27,30)(H,28,31). The topological polar surface area (TPSA) is 103 Å². The van der Waals surface area contributed by atoms with E-state index in [1.807, 2.05) is 0 Å². The van der Waals surface area contributed by atoms with Gasteiger partial charge in [0.25, 0.3) is 0 Å². The van der Waals surface area contributed by atoms with Gasteiger partial charge in [-0.2, -0.15) is 0 Å². The number of carbonyl (C=O) groups is 3. The molecule has 0 aliphatic heterocycles. The van der Waals surface area contributed by atoms with Crippen molar-refractivity contribution in [3.05, 3.63) is 12.2 Å². The first-order valence-electron chi connectivity index (χ1n) is 12.6. The molecule has 0 spiro atoms. The lowest BCUT2D eigenvalue weighted by molar-refractivity contribution is -0.138. The Hall–Kier alpha value is -2.25. The van der Waals surface area contributed by atoms with Gasteiger partial charge in [0.1, 0.15) is 6.61 Å². The molecule has 0 aromatic carbocycles. The smallest absolute Gasteiger partial charge is 0.407 e. The Morgan fingerprint density at radius 2 is 1.41 bits per heavy atom. The second-order valence-corrected chi connectivity index (χ2v) is 10.9. The highest BCUT2D eigenvalue weighted by Crippen LogP contribution is 2.48. The zero-order chi connectivity index (χ0) is 25.6. The summed E-state index contributed by atoms with van der Waals surface area (Å²) in [4.78, 5) is 34.8. The maximum atomic E-state index is 12.0. The summed E-state index contributed by atoms with van der Waals surface area (Å²) in [6.45, 7) is 15.9. The third-order valence-corrected chi connectivity index (χ3v) is 6.02. The second-order valence-electron chi connectivity index (χ2n) is 10.9. The predicted octanol–water partition coefficient (Wildman–Crippen LogP) is 5.36. The molecule has 8 heteroatoms. The molecular formula is C26H46N2O6. The van der Waals surface area contributed by atoms with Crippen LogP contribution in [0.1, 0.15) is 86.0 Å². The zero-order valence-corrected chi connectivity index (χ0v) is 21.9. The van der Waals surface area contributed by atoms with Gasteiger partial charge in [-0.15, -0.1) is 0 Å². The fraction of sp³-hybridized carbons (Fsp3) is 0.808. The van der Waals surface area contributed by atoms with E-state index in [1.165, 1.54) is 6.42 Å². The van der Waals surface area contributed by atoms with Gasteiger partial charge in [0, 0.05) is 12.1 Å². The lowest BCUT2D eigenvalue weighted by atomic mass is 9.61. The van der Waals surface area contributed by atoms with Crippen molar-refractivity contribution in [1.29, 1.82) is 0 Å². The highest BCUT2D eigenvalue weighted by molar-refractivity contribution is 5.86. The van der Waals surface area contributed by atoms with Crippen molar-refractivity contribution in [1.82, 2.24) is 10.6 Å². The molecule has 2 N–H and O–H groups in total. The number of amides is 2. The van der Waals surface area contributed by atoms with Crippen LogP contribution in [0, 0.1) is 16.7 Å². The van der Waals surface area contributed by atoms with Gasteiger partial charge in [0.2, 0.25) is 0 Å². The van der Waals surface area contributed by atoms with Crippen LogP contribution in [0.4, 0.5) is 9.59 Å². The minimum atomic E-state index is -0.522. The van der Waals surface area contributed by atoms with E-state index in [2.05, 4.69) is 44.9 Å². The number of carbonyl (C=O) groups excluding carboxylic acids is 3. The molecule has 0 bridgehead atoms. The maximum absolute atomic E-state index is 12.0. The molecule has 1 aliphatic carbocycles. The fourth-order valence-corrected chi connectivity index (χ4v) is 5.16. The average molecular weight is 483 g/mol. The summed E-state index contributed by atoms with van der Waals surface area (Å²) in [6.07, 6.45) is 7.09. The maximum Gasteiger partial charge on any atom is 0.407 e. The minimum absolute atomic E-state index is 0.0809. The van der Waals surface area contributed by atoms with E-state index in [-0.39, 0.29) is 24.7 Å². The number of unbranched alkanes of at least 4 members (excludes halogenated alkanes) is 4. The lowest BCUT2D eigenvalue weighted by Crippen LogP contribution is -2.43. The molecular weight excluding hydrogens is 436 g/mol. The van der Waals surface area contributed by atoms with Crippen LogP contribution < -0.4 is 10.6 Å². The Morgan fingerprint density at radius 1 is 0.853 bits per heavy atom. The van der Waals surface area contributed by atoms with Gasteiger partial charge in [-0.3, -0.25) is 0 Å². The van der Waals surface area contributed by atoms with E-state index in [1.54, 1.807) is 6.92 Å². The zero-order valence-electron chi connectivity index (χ0n) is 21.9. The Kier molecular flexibility index (Phi) is 13.0. The lowest BCUT2D eigenvalue weighted by Gasteiger charge is -2.45. The Labute approximate surface area is 205 Å². The molecule has 196 valence electrons. The molecule has 2 atom stereocenters. The molecule has 1 rings (SSSR count). The second kappa shape index (κ2) is 14.9. The van der Waals surface area contributed by atoms with Crippen LogP contribution >= 0.6 is 0 Å². The van der Waals surface area contributed by atoms with Crippen molar-refractivity contribution in [2.75, 3.05) is 32.9 Å². The van der Waals surface area contributed by atoms with E-state index in [0.29, 0.717) is 36.7 Å². The van der Waals surface area contributed by atoms with E-state index >= 15 is 0 Å². The average Bonchev–Trinajstić information content (AvgIpc) is 2.72. The number of hydrogen-bond donors (Lipinski definition) is 2. The van der Waals surface area contributed by atoms with Gasteiger partial charge >= 0.3 is 18.2 Å². The minimum Gasteiger partial charge on any atom is -0.460 e.